The van der Waals surface area contributed by atoms with Crippen LogP contribution < -0.4 is 10.6 Å². The largest absolute Gasteiger partial charge is 0.357 e. The van der Waals surface area contributed by atoms with Crippen molar-refractivity contribution in [3.63, 3.8) is 0 Å². The first-order chi connectivity index (χ1) is 12.3. The van der Waals surface area contributed by atoms with Gasteiger partial charge in [0.1, 0.15) is 0 Å². The summed E-state index contributed by atoms with van der Waals surface area (Å²) in [5.74, 6) is 0.800. The molecule has 7 heteroatoms. The number of aromatic nitrogens is 2. The first-order valence-electron chi connectivity index (χ1n) is 8.58. The number of aliphatic imine (C=N–C) groups is 1. The van der Waals surface area contributed by atoms with Crippen molar-refractivity contribution in [3.8, 4) is 0 Å². The fourth-order valence-corrected chi connectivity index (χ4v) is 3.31. The van der Waals surface area contributed by atoms with Crippen LogP contribution in [-0.2, 0) is 19.5 Å². The molecular formula is C19H24IN5S. The molecule has 2 aromatic heterocycles. The Morgan fingerprint density at radius 3 is 2.77 bits per heavy atom. The van der Waals surface area contributed by atoms with Crippen LogP contribution in [0.4, 0.5) is 0 Å². The normalized spacial score (nSPS) is 11.2. The highest BCUT2D eigenvalue weighted by molar-refractivity contribution is 14.0. The van der Waals surface area contributed by atoms with Crippen molar-refractivity contribution in [1.82, 2.24) is 20.6 Å². The van der Waals surface area contributed by atoms with E-state index >= 15 is 0 Å². The van der Waals surface area contributed by atoms with E-state index in [0.717, 1.165) is 35.5 Å². The van der Waals surface area contributed by atoms with Crippen LogP contribution >= 0.6 is 35.3 Å². The van der Waals surface area contributed by atoms with Gasteiger partial charge < -0.3 is 10.6 Å². The highest BCUT2D eigenvalue weighted by atomic mass is 127. The third-order valence-electron chi connectivity index (χ3n) is 3.83. The lowest BCUT2D eigenvalue weighted by Crippen LogP contribution is -2.36. The Hall–Kier alpha value is -1.74. The Bertz CT molecular complexity index is 857. The van der Waals surface area contributed by atoms with Crippen molar-refractivity contribution in [2.24, 2.45) is 4.99 Å². The topological polar surface area (TPSA) is 62.2 Å². The summed E-state index contributed by atoms with van der Waals surface area (Å²) in [4.78, 5) is 13.7. The van der Waals surface area contributed by atoms with E-state index in [2.05, 4.69) is 45.9 Å². The van der Waals surface area contributed by atoms with Gasteiger partial charge in [0.15, 0.2) is 5.96 Å². The van der Waals surface area contributed by atoms with E-state index in [0.29, 0.717) is 13.1 Å². The van der Waals surface area contributed by atoms with Gasteiger partial charge in [-0.05, 0) is 31.0 Å². The van der Waals surface area contributed by atoms with E-state index in [4.69, 9.17) is 4.99 Å². The molecule has 0 aliphatic rings. The molecule has 0 aliphatic heterocycles. The van der Waals surface area contributed by atoms with E-state index in [1.807, 2.05) is 30.5 Å². The molecule has 0 spiro atoms. The number of guanidine groups is 1. The second-order valence-corrected chi connectivity index (χ2v) is 6.56. The number of fused-ring (bicyclic) bond motifs is 1. The maximum atomic E-state index is 4.72. The van der Waals surface area contributed by atoms with Crippen LogP contribution in [0, 0.1) is 0 Å². The molecule has 0 bridgehead atoms. The zero-order valence-corrected chi connectivity index (χ0v) is 18.2. The first kappa shape index (κ1) is 20.6. The molecule has 0 radical (unpaired) electrons. The number of hydrogen-bond acceptors (Lipinski definition) is 4. The second-order valence-electron chi connectivity index (χ2n) is 5.62. The quantitative estimate of drug-likeness (QED) is 0.316. The van der Waals surface area contributed by atoms with Crippen LogP contribution in [0.1, 0.15) is 30.1 Å². The molecule has 5 nitrogen and oxygen atoms in total. The summed E-state index contributed by atoms with van der Waals surface area (Å²) in [6.07, 6.45) is 2.82. The average molecular weight is 481 g/mol. The van der Waals surface area contributed by atoms with Crippen molar-refractivity contribution in [3.05, 3.63) is 58.2 Å². The maximum Gasteiger partial charge on any atom is 0.191 e. The third-order valence-corrected chi connectivity index (χ3v) is 4.87. The monoisotopic (exact) mass is 481 g/mol. The Morgan fingerprint density at radius 1 is 1.15 bits per heavy atom. The molecule has 2 N–H and O–H groups in total. The number of halogens is 1. The van der Waals surface area contributed by atoms with Gasteiger partial charge >= 0.3 is 0 Å². The van der Waals surface area contributed by atoms with E-state index in [1.165, 1.54) is 10.6 Å². The van der Waals surface area contributed by atoms with Crippen LogP contribution in [0.15, 0.2) is 46.9 Å². The molecule has 0 saturated carbocycles. The molecule has 0 unspecified atom stereocenters. The Labute approximate surface area is 175 Å². The van der Waals surface area contributed by atoms with Gasteiger partial charge in [-0.25, -0.2) is 9.98 Å². The number of hydrogen-bond donors (Lipinski definition) is 2. The minimum Gasteiger partial charge on any atom is -0.357 e. The summed E-state index contributed by atoms with van der Waals surface area (Å²) in [6, 6.07) is 10.2. The van der Waals surface area contributed by atoms with Crippen LogP contribution in [0.25, 0.3) is 10.9 Å². The van der Waals surface area contributed by atoms with Crippen molar-refractivity contribution >= 4 is 52.2 Å². The summed E-state index contributed by atoms with van der Waals surface area (Å²) in [6.45, 7) is 6.30. The van der Waals surface area contributed by atoms with Gasteiger partial charge in [0.25, 0.3) is 0 Å². The van der Waals surface area contributed by atoms with Crippen LogP contribution in [0.5, 0.6) is 0 Å². The van der Waals surface area contributed by atoms with Crippen LogP contribution in [-0.4, -0.2) is 22.5 Å². The second kappa shape index (κ2) is 10.4. The third kappa shape index (κ3) is 5.38. The fraction of sp³-hybridized carbons (Fsp3) is 0.316. The predicted octanol–water partition coefficient (Wildman–Crippen LogP) is 4.13. The highest BCUT2D eigenvalue weighted by Gasteiger charge is 2.04. The molecule has 138 valence electrons. The van der Waals surface area contributed by atoms with Crippen molar-refractivity contribution in [1.29, 1.82) is 0 Å². The number of nitrogens with zero attached hydrogens (tertiary/aromatic N) is 3. The van der Waals surface area contributed by atoms with Gasteiger partial charge in [-0.3, -0.25) is 4.98 Å². The molecule has 0 fully saturated rings. The van der Waals surface area contributed by atoms with Gasteiger partial charge in [-0.15, -0.1) is 35.3 Å². The average Bonchev–Trinajstić information content (AvgIpc) is 3.12. The van der Waals surface area contributed by atoms with Gasteiger partial charge in [0, 0.05) is 23.5 Å². The van der Waals surface area contributed by atoms with Crippen LogP contribution in [0.3, 0.4) is 0 Å². The van der Waals surface area contributed by atoms with Crippen LogP contribution in [0.2, 0.25) is 0 Å². The molecule has 1 aromatic carbocycles. The fourth-order valence-electron chi connectivity index (χ4n) is 2.57. The molecule has 0 atom stereocenters. The lowest BCUT2D eigenvalue weighted by atomic mass is 10.1. The predicted molar refractivity (Wildman–Crippen MR) is 120 cm³/mol. The lowest BCUT2D eigenvalue weighted by molar-refractivity contribution is 0.800. The zero-order chi connectivity index (χ0) is 17.5. The standard InChI is InChI=1S/C19H23N5S.HI/c1-3-18-24-15(13-25-18)12-23-19(20-4-2)22-11-14-9-10-21-17-8-6-5-7-16(14)17;/h5-10,13H,3-4,11-12H2,1-2H3,(H2,20,22,23);1H. The van der Waals surface area contributed by atoms with Crippen molar-refractivity contribution in [2.45, 2.75) is 33.4 Å². The number of nitrogens with one attached hydrogen (secondary N) is 2. The van der Waals surface area contributed by atoms with E-state index < -0.39 is 0 Å². The molecule has 3 aromatic rings. The van der Waals surface area contributed by atoms with E-state index in [9.17, 15) is 0 Å². The SMILES string of the molecule is CCNC(=NCc1ccnc2ccccc12)NCc1csc(CC)n1.I. The Morgan fingerprint density at radius 2 is 2.00 bits per heavy atom. The van der Waals surface area contributed by atoms with Gasteiger partial charge in [0.05, 0.1) is 29.3 Å². The minimum atomic E-state index is 0. The molecule has 2 heterocycles. The zero-order valence-electron chi connectivity index (χ0n) is 15.0. The number of aryl methyl sites for hydroxylation is 1. The first-order valence-corrected chi connectivity index (χ1v) is 9.46. The summed E-state index contributed by atoms with van der Waals surface area (Å²) in [5.41, 5.74) is 3.23. The Kier molecular flexibility index (Phi) is 8.24. The van der Waals surface area contributed by atoms with Gasteiger partial charge in [-0.1, -0.05) is 25.1 Å². The molecular weight excluding hydrogens is 457 g/mol. The lowest BCUT2D eigenvalue weighted by Gasteiger charge is -2.11. The number of rotatable bonds is 6. The maximum absolute atomic E-state index is 4.72. The molecule has 0 aliphatic carbocycles. The number of para-hydroxylation sites is 1. The number of thiazole rings is 1. The molecule has 26 heavy (non-hydrogen) atoms. The summed E-state index contributed by atoms with van der Waals surface area (Å²) in [5, 5.41) is 11.1. The van der Waals surface area contributed by atoms with Gasteiger partial charge in [0.2, 0.25) is 0 Å². The molecule has 3 rings (SSSR count). The number of benzene rings is 1. The van der Waals surface area contributed by atoms with Crippen molar-refractivity contribution < 1.29 is 0 Å². The molecule has 0 amide bonds. The summed E-state index contributed by atoms with van der Waals surface area (Å²) < 4.78 is 0. The number of pyridine rings is 1. The highest BCUT2D eigenvalue weighted by Crippen LogP contribution is 2.16. The minimum absolute atomic E-state index is 0. The summed E-state index contributed by atoms with van der Waals surface area (Å²) >= 11 is 1.71. The molecule has 0 saturated heterocycles. The van der Waals surface area contributed by atoms with E-state index in [-0.39, 0.29) is 24.0 Å². The summed E-state index contributed by atoms with van der Waals surface area (Å²) in [7, 11) is 0. The van der Waals surface area contributed by atoms with E-state index in [1.54, 1.807) is 11.3 Å². The van der Waals surface area contributed by atoms with Crippen molar-refractivity contribution in [2.75, 3.05) is 6.54 Å². The smallest absolute Gasteiger partial charge is 0.191 e. The van der Waals surface area contributed by atoms with Gasteiger partial charge in [-0.2, -0.15) is 0 Å². The Balaban J connectivity index is 0.00000243.